The Kier molecular flexibility index (Phi) is 5.72. The van der Waals surface area contributed by atoms with Gasteiger partial charge in [0.2, 0.25) is 0 Å². The van der Waals surface area contributed by atoms with E-state index in [1.54, 1.807) is 36.4 Å². The van der Waals surface area contributed by atoms with Crippen molar-refractivity contribution in [3.63, 3.8) is 0 Å². The third kappa shape index (κ3) is 4.00. The first-order valence-corrected chi connectivity index (χ1v) is 9.51. The van der Waals surface area contributed by atoms with E-state index in [-0.39, 0.29) is 12.2 Å². The molecule has 0 bridgehead atoms. The molecule has 0 atom stereocenters. The minimum absolute atomic E-state index is 0.145. The molecule has 0 aliphatic heterocycles. The molecule has 0 fully saturated rings. The maximum absolute atomic E-state index is 13.2. The summed E-state index contributed by atoms with van der Waals surface area (Å²) in [5, 5.41) is 13.8. The molecule has 0 unspecified atom stereocenters. The van der Waals surface area contributed by atoms with Gasteiger partial charge in [-0.15, -0.1) is 0 Å². The molecule has 1 aromatic heterocycles. The molecule has 4 aromatic rings. The summed E-state index contributed by atoms with van der Waals surface area (Å²) in [5.74, 6) is 1.26. The van der Waals surface area contributed by atoms with Crippen molar-refractivity contribution in [2.75, 3.05) is 13.7 Å². The Bertz CT molecular complexity index is 1360. The second-order valence-electron chi connectivity index (χ2n) is 6.51. The number of aromatic nitrogens is 2. The monoisotopic (exact) mass is 410 g/mol. The summed E-state index contributed by atoms with van der Waals surface area (Å²) in [6.45, 7) is -0.145. The summed E-state index contributed by atoms with van der Waals surface area (Å²) < 4.78 is 12.1. The van der Waals surface area contributed by atoms with Crippen molar-refractivity contribution < 1.29 is 9.47 Å². The Morgan fingerprint density at radius 3 is 2.61 bits per heavy atom. The van der Waals surface area contributed by atoms with E-state index in [0.717, 1.165) is 5.56 Å². The van der Waals surface area contributed by atoms with Gasteiger partial charge >= 0.3 is 0 Å². The number of methoxy groups -OCH3 is 1. The summed E-state index contributed by atoms with van der Waals surface area (Å²) in [4.78, 5) is 17.9. The third-order valence-electron chi connectivity index (χ3n) is 4.61. The van der Waals surface area contributed by atoms with Crippen LogP contribution in [0.15, 0.2) is 82.7 Å². The summed E-state index contributed by atoms with van der Waals surface area (Å²) in [7, 11) is 1.51. The third-order valence-corrected chi connectivity index (χ3v) is 4.61. The van der Waals surface area contributed by atoms with Crippen molar-refractivity contribution in [2.45, 2.75) is 0 Å². The first-order chi connectivity index (χ1) is 15.2. The van der Waals surface area contributed by atoms with Crippen LogP contribution in [0.3, 0.4) is 0 Å². The maximum Gasteiger partial charge on any atom is 0.282 e. The number of benzene rings is 3. The van der Waals surface area contributed by atoms with Crippen molar-refractivity contribution in [3.8, 4) is 29.0 Å². The first-order valence-electron chi connectivity index (χ1n) is 9.51. The highest BCUT2D eigenvalue weighted by atomic mass is 16.5. The van der Waals surface area contributed by atoms with Crippen LogP contribution in [0.25, 0.3) is 22.3 Å². The van der Waals surface area contributed by atoms with E-state index in [0.29, 0.717) is 33.8 Å². The Morgan fingerprint density at radius 2 is 1.84 bits per heavy atom. The predicted octanol–water partition coefficient (Wildman–Crippen LogP) is 3.86. The topological polar surface area (TPSA) is 89.5 Å². The number of hydrogen-bond acceptors (Lipinski definition) is 6. The molecule has 0 amide bonds. The molecule has 7 heteroatoms. The maximum atomic E-state index is 13.2. The molecule has 152 valence electrons. The zero-order valence-corrected chi connectivity index (χ0v) is 16.7. The molecule has 0 N–H and O–H groups in total. The normalized spacial score (nSPS) is 10.8. The number of hydrogen-bond donors (Lipinski definition) is 0. The van der Waals surface area contributed by atoms with Crippen molar-refractivity contribution in [1.82, 2.24) is 9.66 Å². The number of ether oxygens (including phenoxy) is 2. The lowest BCUT2D eigenvalue weighted by Gasteiger charge is -2.12. The van der Waals surface area contributed by atoms with Crippen LogP contribution in [0.5, 0.6) is 11.5 Å². The molecule has 0 aliphatic rings. The Labute approximate surface area is 178 Å². The standard InChI is InChI=1S/C24H18N4O3/c1-30-21-13-7-10-18(22(21)31-15-14-25)16-26-28-23(17-8-3-2-4-9-17)27-20-12-6-5-11-19(20)24(28)29/h2-13,16H,15H2,1H3. The second-order valence-corrected chi connectivity index (χ2v) is 6.51. The van der Waals surface area contributed by atoms with Crippen LogP contribution in [-0.4, -0.2) is 29.6 Å². The molecular weight excluding hydrogens is 392 g/mol. The van der Waals surface area contributed by atoms with Crippen LogP contribution in [0, 0.1) is 11.3 Å². The molecule has 1 heterocycles. The van der Waals surface area contributed by atoms with Gasteiger partial charge in [0, 0.05) is 11.1 Å². The van der Waals surface area contributed by atoms with Crippen LogP contribution in [0.2, 0.25) is 0 Å². The average molecular weight is 410 g/mol. The van der Waals surface area contributed by atoms with E-state index >= 15 is 0 Å². The molecule has 4 rings (SSSR count). The van der Waals surface area contributed by atoms with E-state index in [4.69, 9.17) is 14.7 Å². The van der Waals surface area contributed by atoms with E-state index in [2.05, 4.69) is 10.1 Å². The molecule has 0 radical (unpaired) electrons. The Balaban J connectivity index is 1.89. The lowest BCUT2D eigenvalue weighted by molar-refractivity contribution is 0.329. The van der Waals surface area contributed by atoms with Crippen LogP contribution in [0.1, 0.15) is 5.56 Å². The number of nitriles is 1. The first kappa shape index (κ1) is 19.9. The number of nitrogens with zero attached hydrogens (tertiary/aromatic N) is 4. The van der Waals surface area contributed by atoms with Gasteiger partial charge in [0.05, 0.1) is 24.2 Å². The predicted molar refractivity (Wildman–Crippen MR) is 119 cm³/mol. The molecule has 0 aliphatic carbocycles. The van der Waals surface area contributed by atoms with Gasteiger partial charge in [0.25, 0.3) is 5.56 Å². The van der Waals surface area contributed by atoms with E-state index in [1.807, 2.05) is 42.5 Å². The molecule has 31 heavy (non-hydrogen) atoms. The minimum atomic E-state index is -0.289. The van der Waals surface area contributed by atoms with Crippen LogP contribution in [0.4, 0.5) is 0 Å². The van der Waals surface area contributed by atoms with Crippen molar-refractivity contribution in [1.29, 1.82) is 5.26 Å². The van der Waals surface area contributed by atoms with Crippen LogP contribution >= 0.6 is 0 Å². The summed E-state index contributed by atoms with van der Waals surface area (Å²) in [6.07, 6.45) is 1.50. The fourth-order valence-corrected chi connectivity index (χ4v) is 3.18. The summed E-state index contributed by atoms with van der Waals surface area (Å²) in [6, 6.07) is 23.7. The van der Waals surface area contributed by atoms with Gasteiger partial charge in [-0.3, -0.25) is 4.79 Å². The molecule has 0 saturated carbocycles. The highest BCUT2D eigenvalue weighted by Crippen LogP contribution is 2.30. The SMILES string of the molecule is COc1cccc(C=Nn2c(-c3ccccc3)nc3ccccc3c2=O)c1OCC#N. The van der Waals surface area contributed by atoms with E-state index in [9.17, 15) is 4.79 Å². The Morgan fingerprint density at radius 1 is 1.06 bits per heavy atom. The van der Waals surface area contributed by atoms with Gasteiger partial charge < -0.3 is 9.47 Å². The highest BCUT2D eigenvalue weighted by Gasteiger charge is 2.13. The fraction of sp³-hybridized carbons (Fsp3) is 0.0833. The van der Waals surface area contributed by atoms with Gasteiger partial charge in [-0.2, -0.15) is 15.0 Å². The molecule has 0 spiro atoms. The zero-order chi connectivity index (χ0) is 21.6. The van der Waals surface area contributed by atoms with Gasteiger partial charge in [-0.1, -0.05) is 48.5 Å². The number of para-hydroxylation sites is 2. The lowest BCUT2D eigenvalue weighted by atomic mass is 10.2. The quantitative estimate of drug-likeness (QED) is 0.450. The smallest absolute Gasteiger partial charge is 0.282 e. The van der Waals surface area contributed by atoms with Crippen LogP contribution < -0.4 is 15.0 Å². The summed E-state index contributed by atoms with van der Waals surface area (Å²) >= 11 is 0. The molecule has 3 aromatic carbocycles. The number of rotatable bonds is 6. The summed E-state index contributed by atoms with van der Waals surface area (Å²) in [5.41, 5.74) is 1.63. The largest absolute Gasteiger partial charge is 0.493 e. The molecule has 7 nitrogen and oxygen atoms in total. The number of fused-ring (bicyclic) bond motifs is 1. The average Bonchev–Trinajstić information content (AvgIpc) is 2.82. The zero-order valence-electron chi connectivity index (χ0n) is 16.7. The van der Waals surface area contributed by atoms with Gasteiger partial charge in [-0.05, 0) is 24.3 Å². The highest BCUT2D eigenvalue weighted by molar-refractivity contribution is 5.86. The van der Waals surface area contributed by atoms with Crippen molar-refractivity contribution in [3.05, 3.63) is 88.7 Å². The Hall–Kier alpha value is -4.44. The second kappa shape index (κ2) is 8.93. The molecular formula is C24H18N4O3. The minimum Gasteiger partial charge on any atom is -0.493 e. The van der Waals surface area contributed by atoms with Gasteiger partial charge in [0.15, 0.2) is 23.9 Å². The van der Waals surface area contributed by atoms with E-state index < -0.39 is 0 Å². The van der Waals surface area contributed by atoms with Crippen molar-refractivity contribution >= 4 is 17.1 Å². The van der Waals surface area contributed by atoms with Crippen molar-refractivity contribution in [2.24, 2.45) is 5.10 Å². The van der Waals surface area contributed by atoms with Crippen LogP contribution in [-0.2, 0) is 0 Å². The molecule has 0 saturated heterocycles. The van der Waals surface area contributed by atoms with Gasteiger partial charge in [0.1, 0.15) is 6.07 Å². The van der Waals surface area contributed by atoms with E-state index in [1.165, 1.54) is 18.0 Å². The van der Waals surface area contributed by atoms with Gasteiger partial charge in [-0.25, -0.2) is 4.98 Å². The fourth-order valence-electron chi connectivity index (χ4n) is 3.18. The lowest BCUT2D eigenvalue weighted by Crippen LogP contribution is -2.20.